The van der Waals surface area contributed by atoms with Crippen molar-refractivity contribution in [2.45, 2.75) is 26.3 Å². The number of rotatable bonds is 5. The maximum atomic E-state index is 14.0. The number of hydrogen-bond acceptors (Lipinski definition) is 2. The fourth-order valence-corrected chi connectivity index (χ4v) is 2.85. The quantitative estimate of drug-likeness (QED) is 0.855. The van der Waals surface area contributed by atoms with Crippen molar-refractivity contribution in [3.63, 3.8) is 0 Å². The first-order chi connectivity index (χ1) is 9.13. The van der Waals surface area contributed by atoms with E-state index in [1.807, 2.05) is 18.4 Å². The molecule has 2 aromatic rings. The zero-order valence-corrected chi connectivity index (χ0v) is 11.9. The molecule has 0 fully saturated rings. The van der Waals surface area contributed by atoms with Gasteiger partial charge in [-0.3, -0.25) is 0 Å². The summed E-state index contributed by atoms with van der Waals surface area (Å²) in [5.74, 6) is -1.04. The molecular formula is C15H17F2NS. The summed E-state index contributed by atoms with van der Waals surface area (Å²) in [6.45, 7) is 4.87. The molecule has 1 atom stereocenters. The van der Waals surface area contributed by atoms with Crippen LogP contribution in [-0.2, 0) is 0 Å². The largest absolute Gasteiger partial charge is 0.306 e. The molecule has 0 radical (unpaired) electrons. The molecule has 1 nitrogen and oxygen atoms in total. The predicted octanol–water partition coefficient (Wildman–Crippen LogP) is 4.42. The van der Waals surface area contributed by atoms with Crippen molar-refractivity contribution in [1.29, 1.82) is 0 Å². The van der Waals surface area contributed by atoms with Crippen LogP contribution in [0.5, 0.6) is 0 Å². The first kappa shape index (κ1) is 14.2. The van der Waals surface area contributed by atoms with Crippen molar-refractivity contribution in [3.05, 3.63) is 57.3 Å². The number of aryl methyl sites for hydroxylation is 1. The summed E-state index contributed by atoms with van der Waals surface area (Å²) in [5, 5.41) is 5.33. The molecule has 1 aromatic carbocycles. The van der Waals surface area contributed by atoms with Gasteiger partial charge in [0.05, 0.1) is 6.04 Å². The zero-order valence-electron chi connectivity index (χ0n) is 11.0. The highest BCUT2D eigenvalue weighted by molar-refractivity contribution is 7.10. The molecule has 0 spiro atoms. The summed E-state index contributed by atoms with van der Waals surface area (Å²) in [6.07, 6.45) is 0.961. The lowest BCUT2D eigenvalue weighted by Crippen LogP contribution is -2.24. The van der Waals surface area contributed by atoms with Gasteiger partial charge in [-0.2, -0.15) is 0 Å². The van der Waals surface area contributed by atoms with E-state index in [-0.39, 0.29) is 6.04 Å². The number of benzene rings is 1. The minimum atomic E-state index is -0.544. The van der Waals surface area contributed by atoms with E-state index in [0.717, 1.165) is 29.5 Å². The van der Waals surface area contributed by atoms with Crippen LogP contribution in [0.4, 0.5) is 8.78 Å². The van der Waals surface area contributed by atoms with E-state index >= 15 is 0 Å². The summed E-state index contributed by atoms with van der Waals surface area (Å²) < 4.78 is 27.0. The average Bonchev–Trinajstić information content (AvgIpc) is 2.78. The second kappa shape index (κ2) is 6.26. The topological polar surface area (TPSA) is 12.0 Å². The van der Waals surface area contributed by atoms with Gasteiger partial charge in [-0.25, -0.2) is 8.78 Å². The van der Waals surface area contributed by atoms with Crippen LogP contribution in [0.2, 0.25) is 0 Å². The van der Waals surface area contributed by atoms with E-state index < -0.39 is 11.6 Å². The second-order valence-corrected chi connectivity index (χ2v) is 5.61. The van der Waals surface area contributed by atoms with Crippen LogP contribution in [0.1, 0.15) is 35.4 Å². The van der Waals surface area contributed by atoms with Crippen molar-refractivity contribution in [2.24, 2.45) is 0 Å². The second-order valence-electron chi connectivity index (χ2n) is 4.49. The third kappa shape index (κ3) is 3.19. The molecule has 1 heterocycles. The van der Waals surface area contributed by atoms with Gasteiger partial charge in [0, 0.05) is 16.5 Å². The SMILES string of the molecule is CCCNC(c1ccc(F)cc1F)c1ccsc1C. The van der Waals surface area contributed by atoms with Crippen molar-refractivity contribution in [3.8, 4) is 0 Å². The molecule has 1 N–H and O–H groups in total. The Kier molecular flexibility index (Phi) is 4.66. The molecule has 0 amide bonds. The van der Waals surface area contributed by atoms with Gasteiger partial charge >= 0.3 is 0 Å². The number of nitrogens with one attached hydrogen (secondary N) is 1. The Morgan fingerprint density at radius 3 is 2.58 bits per heavy atom. The lowest BCUT2D eigenvalue weighted by Gasteiger charge is -2.20. The number of hydrogen-bond donors (Lipinski definition) is 1. The van der Waals surface area contributed by atoms with Crippen LogP contribution in [-0.4, -0.2) is 6.54 Å². The van der Waals surface area contributed by atoms with Crippen LogP contribution in [0, 0.1) is 18.6 Å². The van der Waals surface area contributed by atoms with E-state index in [0.29, 0.717) is 5.56 Å². The van der Waals surface area contributed by atoms with E-state index in [2.05, 4.69) is 12.2 Å². The highest BCUT2D eigenvalue weighted by Crippen LogP contribution is 2.30. The normalized spacial score (nSPS) is 12.6. The molecule has 4 heteroatoms. The van der Waals surface area contributed by atoms with Crippen LogP contribution in [0.15, 0.2) is 29.6 Å². The fraction of sp³-hybridized carbons (Fsp3) is 0.333. The molecule has 19 heavy (non-hydrogen) atoms. The minimum Gasteiger partial charge on any atom is -0.306 e. The summed E-state index contributed by atoms with van der Waals surface area (Å²) in [4.78, 5) is 1.15. The maximum absolute atomic E-state index is 14.0. The van der Waals surface area contributed by atoms with Gasteiger partial charge in [-0.15, -0.1) is 11.3 Å². The summed E-state index contributed by atoms with van der Waals surface area (Å²) in [7, 11) is 0. The highest BCUT2D eigenvalue weighted by Gasteiger charge is 2.19. The van der Waals surface area contributed by atoms with Gasteiger partial charge in [0.25, 0.3) is 0 Å². The molecule has 1 aromatic heterocycles. The summed E-state index contributed by atoms with van der Waals surface area (Å²) >= 11 is 1.63. The molecule has 0 saturated carbocycles. The highest BCUT2D eigenvalue weighted by atomic mass is 32.1. The monoisotopic (exact) mass is 281 g/mol. The Labute approximate surface area is 116 Å². The molecule has 0 aliphatic carbocycles. The zero-order chi connectivity index (χ0) is 13.8. The van der Waals surface area contributed by atoms with E-state index in [1.54, 1.807) is 11.3 Å². The molecular weight excluding hydrogens is 264 g/mol. The van der Waals surface area contributed by atoms with Gasteiger partial charge in [-0.05, 0) is 43.0 Å². The van der Waals surface area contributed by atoms with Gasteiger partial charge in [-0.1, -0.05) is 13.0 Å². The Bertz CT molecular complexity index is 551. The molecule has 0 aliphatic heterocycles. The Balaban J connectivity index is 2.40. The Morgan fingerprint density at radius 1 is 1.21 bits per heavy atom. The fourth-order valence-electron chi connectivity index (χ4n) is 2.11. The van der Waals surface area contributed by atoms with Gasteiger partial charge < -0.3 is 5.32 Å². The smallest absolute Gasteiger partial charge is 0.131 e. The van der Waals surface area contributed by atoms with E-state index in [4.69, 9.17) is 0 Å². The Morgan fingerprint density at radius 2 is 2.00 bits per heavy atom. The van der Waals surface area contributed by atoms with Crippen LogP contribution >= 0.6 is 11.3 Å². The lowest BCUT2D eigenvalue weighted by atomic mass is 9.98. The van der Waals surface area contributed by atoms with Gasteiger partial charge in [0.2, 0.25) is 0 Å². The standard InChI is InChI=1S/C15H17F2NS/c1-3-7-18-15(12-6-8-19-10(12)2)13-5-4-11(16)9-14(13)17/h4-6,8-9,15,18H,3,7H2,1-2H3. The first-order valence-electron chi connectivity index (χ1n) is 6.35. The van der Waals surface area contributed by atoms with Crippen molar-refractivity contribution < 1.29 is 8.78 Å². The molecule has 2 rings (SSSR count). The maximum Gasteiger partial charge on any atom is 0.131 e. The molecule has 0 bridgehead atoms. The van der Waals surface area contributed by atoms with Gasteiger partial charge in [0.15, 0.2) is 0 Å². The van der Waals surface area contributed by atoms with Crippen molar-refractivity contribution in [2.75, 3.05) is 6.54 Å². The first-order valence-corrected chi connectivity index (χ1v) is 7.23. The van der Waals surface area contributed by atoms with E-state index in [1.165, 1.54) is 12.1 Å². The van der Waals surface area contributed by atoms with Crippen molar-refractivity contribution >= 4 is 11.3 Å². The lowest BCUT2D eigenvalue weighted by molar-refractivity contribution is 0.532. The predicted molar refractivity (Wildman–Crippen MR) is 75.6 cm³/mol. The average molecular weight is 281 g/mol. The Hall–Kier alpha value is -1.26. The molecule has 0 saturated heterocycles. The van der Waals surface area contributed by atoms with Crippen LogP contribution in [0.25, 0.3) is 0 Å². The number of halogens is 2. The molecule has 0 aliphatic rings. The van der Waals surface area contributed by atoms with Crippen molar-refractivity contribution in [1.82, 2.24) is 5.32 Å². The third-order valence-corrected chi connectivity index (χ3v) is 3.94. The van der Waals surface area contributed by atoms with Gasteiger partial charge in [0.1, 0.15) is 11.6 Å². The third-order valence-electron chi connectivity index (χ3n) is 3.08. The summed E-state index contributed by atoms with van der Waals surface area (Å²) in [5.41, 5.74) is 1.56. The van der Waals surface area contributed by atoms with Crippen LogP contribution < -0.4 is 5.32 Å². The summed E-state index contributed by atoms with van der Waals surface area (Å²) in [6, 6.07) is 5.55. The molecule has 102 valence electrons. The number of thiophene rings is 1. The molecule has 1 unspecified atom stereocenters. The van der Waals surface area contributed by atoms with Crippen LogP contribution in [0.3, 0.4) is 0 Å². The minimum absolute atomic E-state index is 0.216. The van der Waals surface area contributed by atoms with E-state index in [9.17, 15) is 8.78 Å².